The van der Waals surface area contributed by atoms with Crippen molar-refractivity contribution in [3.8, 4) is 11.5 Å². The Balaban J connectivity index is 2.28. The Labute approximate surface area is 117 Å². The van der Waals surface area contributed by atoms with Gasteiger partial charge in [-0.15, -0.1) is 0 Å². The lowest BCUT2D eigenvalue weighted by molar-refractivity contribution is 0.166. The van der Waals surface area contributed by atoms with E-state index in [9.17, 15) is 10.2 Å². The molecule has 0 radical (unpaired) electrons. The van der Waals surface area contributed by atoms with Crippen molar-refractivity contribution in [2.45, 2.75) is 12.2 Å². The van der Waals surface area contributed by atoms with Crippen molar-refractivity contribution in [3.05, 3.63) is 58.7 Å². The number of hydrogen-bond acceptors (Lipinski definition) is 4. The van der Waals surface area contributed by atoms with Gasteiger partial charge in [0.05, 0.1) is 14.2 Å². The van der Waals surface area contributed by atoms with E-state index in [0.717, 1.165) is 0 Å². The number of aliphatic hydroxyl groups is 2. The first-order valence-corrected chi connectivity index (χ1v) is 6.38. The van der Waals surface area contributed by atoms with E-state index in [-0.39, 0.29) is 0 Å². The van der Waals surface area contributed by atoms with E-state index in [1.807, 2.05) is 0 Å². The summed E-state index contributed by atoms with van der Waals surface area (Å²) in [6, 6.07) is 10.8. The third kappa shape index (κ3) is 1.69. The fourth-order valence-corrected chi connectivity index (χ4v) is 2.85. The fraction of sp³-hybridized carbons (Fsp3) is 0.250. The number of hydrogen-bond donors (Lipinski definition) is 2. The lowest BCUT2D eigenvalue weighted by Gasteiger charge is -2.31. The molecule has 0 amide bonds. The van der Waals surface area contributed by atoms with Crippen molar-refractivity contribution >= 4 is 0 Å². The van der Waals surface area contributed by atoms with Gasteiger partial charge in [0, 0.05) is 11.1 Å². The first kappa shape index (κ1) is 13.0. The van der Waals surface area contributed by atoms with Crippen molar-refractivity contribution in [2.24, 2.45) is 0 Å². The Kier molecular flexibility index (Phi) is 3.12. The van der Waals surface area contributed by atoms with Gasteiger partial charge >= 0.3 is 0 Å². The van der Waals surface area contributed by atoms with E-state index in [0.29, 0.717) is 33.8 Å². The van der Waals surface area contributed by atoms with E-state index in [1.54, 1.807) is 50.6 Å². The van der Waals surface area contributed by atoms with Crippen LogP contribution in [0.3, 0.4) is 0 Å². The highest BCUT2D eigenvalue weighted by atomic mass is 16.5. The second-order valence-electron chi connectivity index (χ2n) is 4.73. The minimum absolute atomic E-state index is 0.561. The first-order valence-electron chi connectivity index (χ1n) is 6.38. The number of ether oxygens (including phenoxy) is 2. The zero-order valence-corrected chi connectivity index (χ0v) is 11.3. The van der Waals surface area contributed by atoms with E-state index in [1.165, 1.54) is 0 Å². The van der Waals surface area contributed by atoms with E-state index in [4.69, 9.17) is 9.47 Å². The summed E-state index contributed by atoms with van der Waals surface area (Å²) in [5.74, 6) is 1.12. The van der Waals surface area contributed by atoms with Crippen LogP contribution in [0.4, 0.5) is 0 Å². The van der Waals surface area contributed by atoms with Crippen LogP contribution in [0.5, 0.6) is 11.5 Å². The third-order valence-electron chi connectivity index (χ3n) is 3.78. The van der Waals surface area contributed by atoms with Crippen LogP contribution in [0.2, 0.25) is 0 Å². The molecule has 3 rings (SSSR count). The molecule has 0 aliphatic heterocycles. The molecule has 0 unspecified atom stereocenters. The normalized spacial score (nSPS) is 20.0. The molecule has 104 valence electrons. The maximum absolute atomic E-state index is 10.7. The van der Waals surface area contributed by atoms with Crippen molar-refractivity contribution in [2.75, 3.05) is 14.2 Å². The molecule has 0 aromatic heterocycles. The average Bonchev–Trinajstić information content (AvgIpc) is 2.50. The lowest BCUT2D eigenvalue weighted by Crippen LogP contribution is -2.19. The lowest BCUT2D eigenvalue weighted by atomic mass is 9.81. The van der Waals surface area contributed by atoms with E-state index < -0.39 is 12.2 Å². The van der Waals surface area contributed by atoms with Gasteiger partial charge < -0.3 is 19.7 Å². The van der Waals surface area contributed by atoms with Crippen LogP contribution >= 0.6 is 0 Å². The quantitative estimate of drug-likeness (QED) is 0.879. The second-order valence-corrected chi connectivity index (χ2v) is 4.73. The third-order valence-corrected chi connectivity index (χ3v) is 3.78. The predicted molar refractivity (Wildman–Crippen MR) is 74.1 cm³/mol. The summed E-state index contributed by atoms with van der Waals surface area (Å²) in [5.41, 5.74) is 2.52. The Morgan fingerprint density at radius 2 is 1.20 bits per heavy atom. The van der Waals surface area contributed by atoms with Crippen LogP contribution < -0.4 is 9.47 Å². The van der Waals surface area contributed by atoms with Gasteiger partial charge in [-0.1, -0.05) is 24.3 Å². The second kappa shape index (κ2) is 4.81. The van der Waals surface area contributed by atoms with Gasteiger partial charge in [0.1, 0.15) is 23.7 Å². The molecule has 0 fully saturated rings. The first-order chi connectivity index (χ1) is 9.69. The Morgan fingerprint density at radius 1 is 0.750 bits per heavy atom. The minimum Gasteiger partial charge on any atom is -0.496 e. The number of rotatable bonds is 2. The predicted octanol–water partition coefficient (Wildman–Crippen LogP) is 2.18. The van der Waals surface area contributed by atoms with Crippen LogP contribution in [0.25, 0.3) is 0 Å². The van der Waals surface area contributed by atoms with Crippen LogP contribution in [0.1, 0.15) is 34.5 Å². The van der Waals surface area contributed by atoms with Crippen LogP contribution in [0.15, 0.2) is 36.4 Å². The molecule has 0 bridgehead atoms. The smallest absolute Gasteiger partial charge is 0.125 e. The number of benzene rings is 2. The molecule has 2 aromatic carbocycles. The summed E-state index contributed by atoms with van der Waals surface area (Å²) >= 11 is 0. The van der Waals surface area contributed by atoms with Crippen molar-refractivity contribution in [3.63, 3.8) is 0 Å². The molecule has 1 aliphatic carbocycles. The largest absolute Gasteiger partial charge is 0.496 e. The minimum atomic E-state index is -0.879. The van der Waals surface area contributed by atoms with E-state index >= 15 is 0 Å². The number of fused-ring (bicyclic) bond motifs is 2. The van der Waals surface area contributed by atoms with Crippen LogP contribution in [0, 0.1) is 0 Å². The molecule has 0 spiro atoms. The molecule has 2 aromatic rings. The van der Waals surface area contributed by atoms with Gasteiger partial charge in [-0.05, 0) is 23.3 Å². The summed E-state index contributed by atoms with van der Waals surface area (Å²) in [7, 11) is 3.10. The van der Waals surface area contributed by atoms with Crippen LogP contribution in [-0.2, 0) is 0 Å². The molecule has 20 heavy (non-hydrogen) atoms. The molecule has 4 heteroatoms. The van der Waals surface area contributed by atoms with Gasteiger partial charge in [0.2, 0.25) is 0 Å². The molecule has 0 saturated carbocycles. The molecule has 0 heterocycles. The highest BCUT2D eigenvalue weighted by Crippen LogP contribution is 2.47. The zero-order chi connectivity index (χ0) is 14.3. The molecule has 2 N–H and O–H groups in total. The van der Waals surface area contributed by atoms with Gasteiger partial charge in [-0.2, -0.15) is 0 Å². The summed E-state index contributed by atoms with van der Waals surface area (Å²) < 4.78 is 10.6. The Bertz CT molecular complexity index is 595. The summed E-state index contributed by atoms with van der Waals surface area (Å²) in [5, 5.41) is 21.2. The fourth-order valence-electron chi connectivity index (χ4n) is 2.85. The average molecular weight is 272 g/mol. The molecular formula is C16H16O4. The molecule has 1 aliphatic rings. The SMILES string of the molecule is COc1cccc2c1C(O)c1c(OC)cccc1C2O. The summed E-state index contributed by atoms with van der Waals surface area (Å²) in [4.78, 5) is 0. The maximum atomic E-state index is 10.7. The molecule has 4 nitrogen and oxygen atoms in total. The van der Waals surface area contributed by atoms with Crippen molar-refractivity contribution in [1.82, 2.24) is 0 Å². The monoisotopic (exact) mass is 272 g/mol. The van der Waals surface area contributed by atoms with Crippen molar-refractivity contribution < 1.29 is 19.7 Å². The summed E-state index contributed by atoms with van der Waals surface area (Å²) in [6.07, 6.45) is -1.68. The standard InChI is InChI=1S/C16H16O4/c1-19-11-7-3-5-9-13(11)16(18)14-10(15(9)17)6-4-8-12(14)20-2/h3-8,15-18H,1-2H3. The maximum Gasteiger partial charge on any atom is 0.125 e. The molecule has 0 atom stereocenters. The van der Waals surface area contributed by atoms with Crippen molar-refractivity contribution in [1.29, 1.82) is 0 Å². The van der Waals surface area contributed by atoms with Gasteiger partial charge in [0.15, 0.2) is 0 Å². The van der Waals surface area contributed by atoms with Gasteiger partial charge in [-0.25, -0.2) is 0 Å². The highest BCUT2D eigenvalue weighted by molar-refractivity contribution is 5.58. The number of aliphatic hydroxyl groups excluding tert-OH is 2. The Hall–Kier alpha value is -2.04. The molecule has 0 saturated heterocycles. The number of methoxy groups -OCH3 is 2. The molecular weight excluding hydrogens is 256 g/mol. The van der Waals surface area contributed by atoms with Gasteiger partial charge in [0.25, 0.3) is 0 Å². The van der Waals surface area contributed by atoms with Crippen LogP contribution in [-0.4, -0.2) is 24.4 Å². The van der Waals surface area contributed by atoms with E-state index in [2.05, 4.69) is 0 Å². The summed E-state index contributed by atoms with van der Waals surface area (Å²) in [6.45, 7) is 0. The van der Waals surface area contributed by atoms with Gasteiger partial charge in [-0.3, -0.25) is 0 Å². The highest BCUT2D eigenvalue weighted by Gasteiger charge is 2.34. The Morgan fingerprint density at radius 3 is 1.60 bits per heavy atom. The zero-order valence-electron chi connectivity index (χ0n) is 11.3. The topological polar surface area (TPSA) is 58.9 Å².